The molecule has 96 valence electrons. The van der Waals surface area contributed by atoms with Crippen LogP contribution in [-0.2, 0) is 11.2 Å². The Balaban J connectivity index is 2.58. The lowest BCUT2D eigenvalue weighted by molar-refractivity contribution is -0.133. The summed E-state index contributed by atoms with van der Waals surface area (Å²) in [7, 11) is 0. The summed E-state index contributed by atoms with van der Waals surface area (Å²) in [4.78, 5) is 11.2. The zero-order valence-electron chi connectivity index (χ0n) is 11.0. The highest BCUT2D eigenvalue weighted by atomic mass is 16.5. The van der Waals surface area contributed by atoms with Crippen LogP contribution in [0.2, 0.25) is 0 Å². The molecule has 0 fully saturated rings. The van der Waals surface area contributed by atoms with Crippen molar-refractivity contribution < 1.29 is 14.6 Å². The van der Waals surface area contributed by atoms with E-state index in [0.717, 1.165) is 28.9 Å². The topological polar surface area (TPSA) is 46.5 Å². The van der Waals surface area contributed by atoms with Crippen molar-refractivity contribution in [2.45, 2.75) is 39.7 Å². The van der Waals surface area contributed by atoms with Gasteiger partial charge in [-0.3, -0.25) is 0 Å². The van der Waals surface area contributed by atoms with Gasteiger partial charge in [0, 0.05) is 5.56 Å². The van der Waals surface area contributed by atoms with Crippen LogP contribution in [0.1, 0.15) is 37.0 Å². The van der Waals surface area contributed by atoms with Gasteiger partial charge in [-0.05, 0) is 43.0 Å². The van der Waals surface area contributed by atoms with Gasteiger partial charge >= 0.3 is 5.97 Å². The molecule has 1 N–H and O–H groups in total. The fraction of sp³-hybridized carbons (Fsp3) is 0.400. The Morgan fingerprint density at radius 2 is 2.11 bits per heavy atom. The zero-order chi connectivity index (χ0) is 13.3. The molecule has 1 aromatic rings. The molecule has 3 heteroatoms. The number of ether oxygens (including phenoxy) is 1. The molecule has 0 amide bonds. The standard InChI is InChI=1S/C15H18O3/c1-4-10-6-9(3)7-11-8-12(15(16)17)13(5-2)18-14(10)11/h6-8,13H,4-5H2,1-3H3,(H,16,17). The van der Waals surface area contributed by atoms with Gasteiger partial charge in [-0.2, -0.15) is 0 Å². The van der Waals surface area contributed by atoms with Gasteiger partial charge in [-0.1, -0.05) is 19.9 Å². The van der Waals surface area contributed by atoms with E-state index in [2.05, 4.69) is 13.0 Å². The summed E-state index contributed by atoms with van der Waals surface area (Å²) < 4.78 is 5.88. The third kappa shape index (κ3) is 2.13. The van der Waals surface area contributed by atoms with Crippen molar-refractivity contribution in [2.24, 2.45) is 0 Å². The number of fused-ring (bicyclic) bond motifs is 1. The van der Waals surface area contributed by atoms with E-state index in [9.17, 15) is 9.90 Å². The molecule has 0 saturated heterocycles. The number of aliphatic carboxylic acids is 1. The molecule has 0 spiro atoms. The highest BCUT2D eigenvalue weighted by Crippen LogP contribution is 2.35. The van der Waals surface area contributed by atoms with E-state index in [4.69, 9.17) is 4.74 Å². The van der Waals surface area contributed by atoms with Crippen LogP contribution in [0.5, 0.6) is 5.75 Å². The fourth-order valence-corrected chi connectivity index (χ4v) is 2.36. The van der Waals surface area contributed by atoms with Gasteiger partial charge in [0.1, 0.15) is 11.9 Å². The third-order valence-corrected chi connectivity index (χ3v) is 3.26. The van der Waals surface area contributed by atoms with Crippen molar-refractivity contribution in [3.63, 3.8) is 0 Å². The molecule has 0 radical (unpaired) electrons. The summed E-state index contributed by atoms with van der Waals surface area (Å²) in [5.41, 5.74) is 3.50. The normalized spacial score (nSPS) is 17.7. The number of carbonyl (C=O) groups is 1. The van der Waals surface area contributed by atoms with Crippen molar-refractivity contribution in [3.8, 4) is 5.75 Å². The average Bonchev–Trinajstić information content (AvgIpc) is 2.35. The van der Waals surface area contributed by atoms with E-state index in [1.807, 2.05) is 19.9 Å². The molecule has 1 aromatic carbocycles. The molecule has 0 aliphatic carbocycles. The highest BCUT2D eigenvalue weighted by molar-refractivity contribution is 5.94. The Labute approximate surface area is 107 Å². The maximum Gasteiger partial charge on any atom is 0.335 e. The molecule has 18 heavy (non-hydrogen) atoms. The van der Waals surface area contributed by atoms with Crippen LogP contribution < -0.4 is 4.74 Å². The Bertz CT molecular complexity index is 515. The van der Waals surface area contributed by atoms with Gasteiger partial charge in [0.05, 0.1) is 5.57 Å². The van der Waals surface area contributed by atoms with E-state index >= 15 is 0 Å². The fourth-order valence-electron chi connectivity index (χ4n) is 2.36. The zero-order valence-corrected chi connectivity index (χ0v) is 11.0. The molecule has 1 unspecified atom stereocenters. The van der Waals surface area contributed by atoms with Crippen LogP contribution in [0.3, 0.4) is 0 Å². The number of aryl methyl sites for hydroxylation is 2. The number of rotatable bonds is 3. The van der Waals surface area contributed by atoms with Gasteiger partial charge < -0.3 is 9.84 Å². The Morgan fingerprint density at radius 1 is 1.39 bits per heavy atom. The number of hydrogen-bond acceptors (Lipinski definition) is 2. The highest BCUT2D eigenvalue weighted by Gasteiger charge is 2.27. The number of carboxylic acid groups (broad SMARTS) is 1. The molecule has 0 bridgehead atoms. The van der Waals surface area contributed by atoms with Crippen LogP contribution in [0.4, 0.5) is 0 Å². The minimum Gasteiger partial charge on any atom is -0.485 e. The lowest BCUT2D eigenvalue weighted by Gasteiger charge is -2.26. The molecule has 1 aliphatic heterocycles. The van der Waals surface area contributed by atoms with Gasteiger partial charge in [0.25, 0.3) is 0 Å². The molecule has 2 rings (SSSR count). The molecule has 0 aromatic heterocycles. The summed E-state index contributed by atoms with van der Waals surface area (Å²) in [6, 6.07) is 4.08. The summed E-state index contributed by atoms with van der Waals surface area (Å²) in [6.45, 7) is 6.03. The maximum absolute atomic E-state index is 11.2. The summed E-state index contributed by atoms with van der Waals surface area (Å²) in [5, 5.41) is 9.21. The second-order valence-electron chi connectivity index (χ2n) is 4.62. The van der Waals surface area contributed by atoms with Crippen molar-refractivity contribution in [3.05, 3.63) is 34.4 Å². The predicted molar refractivity (Wildman–Crippen MR) is 70.9 cm³/mol. The van der Waals surface area contributed by atoms with E-state index in [1.54, 1.807) is 6.08 Å². The van der Waals surface area contributed by atoms with Crippen LogP contribution in [-0.4, -0.2) is 17.2 Å². The van der Waals surface area contributed by atoms with Crippen LogP contribution in [0, 0.1) is 6.92 Å². The molecule has 1 heterocycles. The van der Waals surface area contributed by atoms with E-state index in [-0.39, 0.29) is 6.10 Å². The van der Waals surface area contributed by atoms with Crippen molar-refractivity contribution >= 4 is 12.0 Å². The molecule has 1 aliphatic rings. The van der Waals surface area contributed by atoms with Crippen molar-refractivity contribution in [1.29, 1.82) is 0 Å². The van der Waals surface area contributed by atoms with Crippen molar-refractivity contribution in [1.82, 2.24) is 0 Å². The summed E-state index contributed by atoms with van der Waals surface area (Å²) in [6.07, 6.45) is 2.95. The Kier molecular flexibility index (Phi) is 3.41. The predicted octanol–water partition coefficient (Wildman–Crippen LogP) is 3.20. The second kappa shape index (κ2) is 4.84. The minimum atomic E-state index is -0.896. The molecule has 3 nitrogen and oxygen atoms in total. The number of hydrogen-bond donors (Lipinski definition) is 1. The van der Waals surface area contributed by atoms with E-state index < -0.39 is 5.97 Å². The quantitative estimate of drug-likeness (QED) is 0.890. The van der Waals surface area contributed by atoms with E-state index in [1.165, 1.54) is 0 Å². The Hall–Kier alpha value is -1.77. The van der Waals surface area contributed by atoms with Gasteiger partial charge in [0.15, 0.2) is 0 Å². The first-order valence-electron chi connectivity index (χ1n) is 6.31. The SMILES string of the molecule is CCc1cc(C)cc2c1OC(CC)C(C(=O)O)=C2. The second-order valence-corrected chi connectivity index (χ2v) is 4.62. The van der Waals surface area contributed by atoms with Crippen molar-refractivity contribution in [2.75, 3.05) is 0 Å². The van der Waals surface area contributed by atoms with Gasteiger partial charge in [-0.25, -0.2) is 4.79 Å². The Morgan fingerprint density at radius 3 is 2.67 bits per heavy atom. The first-order valence-corrected chi connectivity index (χ1v) is 6.31. The van der Waals surface area contributed by atoms with Crippen LogP contribution in [0.15, 0.2) is 17.7 Å². The maximum atomic E-state index is 11.2. The first-order chi connectivity index (χ1) is 8.56. The van der Waals surface area contributed by atoms with Crippen LogP contribution >= 0.6 is 0 Å². The summed E-state index contributed by atoms with van der Waals surface area (Å²) in [5.74, 6) is -0.0491. The van der Waals surface area contributed by atoms with Gasteiger partial charge in [0.2, 0.25) is 0 Å². The molecular formula is C15H18O3. The molecule has 0 saturated carbocycles. The minimum absolute atomic E-state index is 0.344. The summed E-state index contributed by atoms with van der Waals surface area (Å²) >= 11 is 0. The van der Waals surface area contributed by atoms with Gasteiger partial charge in [-0.15, -0.1) is 0 Å². The largest absolute Gasteiger partial charge is 0.485 e. The first kappa shape index (κ1) is 12.7. The van der Waals surface area contributed by atoms with E-state index in [0.29, 0.717) is 12.0 Å². The third-order valence-electron chi connectivity index (χ3n) is 3.26. The number of carboxylic acids is 1. The molecular weight excluding hydrogens is 228 g/mol. The lowest BCUT2D eigenvalue weighted by Crippen LogP contribution is -2.27. The smallest absolute Gasteiger partial charge is 0.335 e. The molecule has 1 atom stereocenters. The lowest BCUT2D eigenvalue weighted by atomic mass is 9.95. The number of benzene rings is 1. The monoisotopic (exact) mass is 246 g/mol. The average molecular weight is 246 g/mol. The van der Waals surface area contributed by atoms with Crippen LogP contribution in [0.25, 0.3) is 6.08 Å².